The van der Waals surface area contributed by atoms with Crippen LogP contribution in [0.1, 0.15) is 30.8 Å². The summed E-state index contributed by atoms with van der Waals surface area (Å²) in [6, 6.07) is 6.33. The molecule has 2 atom stereocenters. The van der Waals surface area contributed by atoms with Crippen LogP contribution in [-0.4, -0.2) is 30.1 Å². The second-order valence-corrected chi connectivity index (χ2v) is 6.90. The Hall–Kier alpha value is -2.15. The monoisotopic (exact) mass is 348 g/mol. The second kappa shape index (κ2) is 7.61. The summed E-state index contributed by atoms with van der Waals surface area (Å²) in [6.07, 6.45) is 3.61. The van der Waals surface area contributed by atoms with Gasteiger partial charge in [-0.05, 0) is 38.0 Å². The summed E-state index contributed by atoms with van der Waals surface area (Å²) in [5.74, 6) is -0.238. The van der Waals surface area contributed by atoms with Crippen molar-refractivity contribution < 1.29 is 9.18 Å². The lowest BCUT2D eigenvalue weighted by Crippen LogP contribution is -2.51. The smallest absolute Gasteiger partial charge is 0.315 e. The van der Waals surface area contributed by atoms with Crippen LogP contribution in [0.5, 0.6) is 0 Å². The highest BCUT2D eigenvalue weighted by Crippen LogP contribution is 2.21. The molecule has 24 heavy (non-hydrogen) atoms. The van der Waals surface area contributed by atoms with E-state index in [9.17, 15) is 9.18 Å². The number of nitrogens with zero attached hydrogens (tertiary/aromatic N) is 2. The lowest BCUT2D eigenvalue weighted by atomic mass is 10.0. The summed E-state index contributed by atoms with van der Waals surface area (Å²) in [6.45, 7) is 3.47. The number of carbonyl (C=O) groups is 1. The van der Waals surface area contributed by atoms with Gasteiger partial charge >= 0.3 is 6.03 Å². The zero-order valence-corrected chi connectivity index (χ0v) is 14.4. The minimum atomic E-state index is -0.238. The third-order valence-corrected chi connectivity index (χ3v) is 5.06. The topological polar surface area (TPSA) is 57.3 Å². The molecule has 2 aromatic rings. The summed E-state index contributed by atoms with van der Waals surface area (Å²) >= 11 is 1.52. The first-order valence-electron chi connectivity index (χ1n) is 8.09. The molecule has 1 aliphatic heterocycles. The predicted molar refractivity (Wildman–Crippen MR) is 93.8 cm³/mol. The van der Waals surface area contributed by atoms with Gasteiger partial charge in [-0.25, -0.2) is 14.2 Å². The maximum Gasteiger partial charge on any atom is 0.315 e. The zero-order valence-electron chi connectivity index (χ0n) is 13.5. The molecule has 3 rings (SSSR count). The molecule has 1 aliphatic rings. The van der Waals surface area contributed by atoms with Gasteiger partial charge in [0.2, 0.25) is 0 Å². The Balaban J connectivity index is 1.54. The fourth-order valence-electron chi connectivity index (χ4n) is 2.94. The van der Waals surface area contributed by atoms with Crippen molar-refractivity contribution in [2.75, 3.05) is 18.0 Å². The number of thiazole rings is 1. The van der Waals surface area contributed by atoms with Gasteiger partial charge in [-0.3, -0.25) is 0 Å². The Morgan fingerprint density at radius 2 is 2.38 bits per heavy atom. The summed E-state index contributed by atoms with van der Waals surface area (Å²) in [7, 11) is 0. The van der Waals surface area contributed by atoms with Crippen LogP contribution in [0.15, 0.2) is 35.8 Å². The van der Waals surface area contributed by atoms with E-state index in [-0.39, 0.29) is 23.9 Å². The standard InChI is InChI=1S/C17H21FN4OS/c1-12(16-19-7-9-24-16)20-17(23)21-14-5-3-8-22(11-14)15-6-2-4-13(18)10-15/h2,4,6-7,9-10,12,14H,3,5,8,11H2,1H3,(H2,20,21,23). The summed E-state index contributed by atoms with van der Waals surface area (Å²) < 4.78 is 13.4. The highest BCUT2D eigenvalue weighted by Gasteiger charge is 2.22. The van der Waals surface area contributed by atoms with Crippen LogP contribution < -0.4 is 15.5 Å². The SMILES string of the molecule is CC(NC(=O)NC1CCCN(c2cccc(F)c2)C1)c1nccs1. The van der Waals surface area contributed by atoms with Crippen molar-refractivity contribution in [2.24, 2.45) is 0 Å². The molecule has 0 aliphatic carbocycles. The van der Waals surface area contributed by atoms with Crippen molar-refractivity contribution in [3.63, 3.8) is 0 Å². The van der Waals surface area contributed by atoms with E-state index in [0.717, 1.165) is 30.1 Å². The molecule has 0 bridgehead atoms. The molecule has 0 spiro atoms. The molecule has 2 heterocycles. The fourth-order valence-corrected chi connectivity index (χ4v) is 3.58. The van der Waals surface area contributed by atoms with Crippen molar-refractivity contribution in [1.29, 1.82) is 0 Å². The number of halogens is 1. The van der Waals surface area contributed by atoms with E-state index in [2.05, 4.69) is 20.5 Å². The van der Waals surface area contributed by atoms with Crippen molar-refractivity contribution in [3.8, 4) is 0 Å². The summed E-state index contributed by atoms with van der Waals surface area (Å²) in [5, 5.41) is 8.71. The highest BCUT2D eigenvalue weighted by atomic mass is 32.1. The van der Waals surface area contributed by atoms with Gasteiger partial charge in [0.1, 0.15) is 10.8 Å². The molecular formula is C17H21FN4OS. The van der Waals surface area contributed by atoms with E-state index in [1.54, 1.807) is 12.3 Å². The third kappa shape index (κ3) is 4.23. The number of anilines is 1. The van der Waals surface area contributed by atoms with Crippen LogP contribution in [0, 0.1) is 5.82 Å². The van der Waals surface area contributed by atoms with Crippen LogP contribution in [0.2, 0.25) is 0 Å². The van der Waals surface area contributed by atoms with Gasteiger partial charge in [0.25, 0.3) is 0 Å². The lowest BCUT2D eigenvalue weighted by molar-refractivity contribution is 0.232. The number of amides is 2. The number of carbonyl (C=O) groups excluding carboxylic acids is 1. The van der Waals surface area contributed by atoms with Crippen LogP contribution in [-0.2, 0) is 0 Å². The first-order chi connectivity index (χ1) is 11.6. The first kappa shape index (κ1) is 16.7. The molecule has 0 radical (unpaired) electrons. The van der Waals surface area contributed by atoms with Gasteiger partial charge in [-0.2, -0.15) is 0 Å². The fraction of sp³-hybridized carbons (Fsp3) is 0.412. The normalized spacial score (nSPS) is 18.9. The Bertz CT molecular complexity index is 679. The van der Waals surface area contributed by atoms with Crippen molar-refractivity contribution >= 4 is 23.1 Å². The minimum absolute atomic E-state index is 0.0468. The number of hydrogen-bond donors (Lipinski definition) is 2. The molecule has 7 heteroatoms. The third-order valence-electron chi connectivity index (χ3n) is 4.10. The molecule has 2 unspecified atom stereocenters. The quantitative estimate of drug-likeness (QED) is 0.891. The number of hydrogen-bond acceptors (Lipinski definition) is 4. The molecule has 2 amide bonds. The molecule has 5 nitrogen and oxygen atoms in total. The van der Waals surface area contributed by atoms with Gasteiger partial charge in [0.05, 0.1) is 6.04 Å². The minimum Gasteiger partial charge on any atom is -0.369 e. The summed E-state index contributed by atoms with van der Waals surface area (Å²) in [5.41, 5.74) is 0.859. The van der Waals surface area contributed by atoms with Gasteiger partial charge in [0.15, 0.2) is 0 Å². The lowest BCUT2D eigenvalue weighted by Gasteiger charge is -2.35. The van der Waals surface area contributed by atoms with Crippen LogP contribution in [0.3, 0.4) is 0 Å². The van der Waals surface area contributed by atoms with Crippen molar-refractivity contribution in [3.05, 3.63) is 46.7 Å². The van der Waals surface area contributed by atoms with E-state index in [4.69, 9.17) is 0 Å². The van der Waals surface area contributed by atoms with Crippen LogP contribution >= 0.6 is 11.3 Å². The molecular weight excluding hydrogens is 327 g/mol. The maximum atomic E-state index is 13.4. The average molecular weight is 348 g/mol. The van der Waals surface area contributed by atoms with Crippen LogP contribution in [0.4, 0.5) is 14.9 Å². The first-order valence-corrected chi connectivity index (χ1v) is 8.97. The number of aromatic nitrogens is 1. The Morgan fingerprint density at radius 3 is 3.12 bits per heavy atom. The van der Waals surface area contributed by atoms with Gasteiger partial charge < -0.3 is 15.5 Å². The molecule has 1 aromatic carbocycles. The highest BCUT2D eigenvalue weighted by molar-refractivity contribution is 7.09. The molecule has 0 saturated carbocycles. The van der Waals surface area contributed by atoms with E-state index >= 15 is 0 Å². The number of urea groups is 1. The van der Waals surface area contributed by atoms with Gasteiger partial charge in [-0.15, -0.1) is 11.3 Å². The zero-order chi connectivity index (χ0) is 16.9. The second-order valence-electron chi connectivity index (χ2n) is 5.97. The van der Waals surface area contributed by atoms with Gasteiger partial charge in [0, 0.05) is 36.4 Å². The predicted octanol–water partition coefficient (Wildman–Crippen LogP) is 3.31. The number of benzene rings is 1. The Kier molecular flexibility index (Phi) is 5.30. The van der Waals surface area contributed by atoms with Crippen molar-refractivity contribution in [2.45, 2.75) is 31.8 Å². The number of nitrogens with one attached hydrogen (secondary N) is 2. The Morgan fingerprint density at radius 1 is 1.50 bits per heavy atom. The number of piperidine rings is 1. The maximum absolute atomic E-state index is 13.4. The van der Waals surface area contributed by atoms with E-state index in [1.165, 1.54) is 23.5 Å². The largest absolute Gasteiger partial charge is 0.369 e. The number of rotatable bonds is 4. The van der Waals surface area contributed by atoms with Crippen molar-refractivity contribution in [1.82, 2.24) is 15.6 Å². The molecule has 128 valence electrons. The molecule has 2 N–H and O–H groups in total. The van der Waals surface area contributed by atoms with Gasteiger partial charge in [-0.1, -0.05) is 6.07 Å². The average Bonchev–Trinajstić information content (AvgIpc) is 3.09. The van der Waals surface area contributed by atoms with E-state index in [1.807, 2.05) is 18.4 Å². The Labute approximate surface area is 144 Å². The van der Waals surface area contributed by atoms with Crippen LogP contribution in [0.25, 0.3) is 0 Å². The summed E-state index contributed by atoms with van der Waals surface area (Å²) in [4.78, 5) is 18.5. The van der Waals surface area contributed by atoms with E-state index in [0.29, 0.717) is 6.54 Å². The molecule has 1 aromatic heterocycles. The molecule has 1 saturated heterocycles. The molecule has 1 fully saturated rings. The van der Waals surface area contributed by atoms with E-state index < -0.39 is 0 Å².